The summed E-state index contributed by atoms with van der Waals surface area (Å²) in [5.74, 6) is -0.388. The first-order chi connectivity index (χ1) is 19.5. The Kier molecular flexibility index (Phi) is 11.9. The first-order valence-electron chi connectivity index (χ1n) is 14.9. The molecular formula is C33H49N5O3. The Morgan fingerprint density at radius 2 is 1.59 bits per heavy atom. The minimum Gasteiger partial charge on any atom is -0.342 e. The standard InChI is InChI=1S/C33H49N5O3/c1-24(35-5)30(39)36-29(33(2,3)4)32(41)38-21-12-17-27(38)23-37(22-20-26-15-10-7-11-16-26)31(40)28(34)19-18-25-13-8-6-9-14-25/h6-11,13-16,24,27-29,35H,12,17-23,34H2,1-5H3,(H,36,39)/t24-,27-,28+,29+/m0/s1. The summed E-state index contributed by atoms with van der Waals surface area (Å²) in [7, 11) is 1.72. The van der Waals surface area contributed by atoms with Crippen LogP contribution in [0.5, 0.6) is 0 Å². The van der Waals surface area contributed by atoms with E-state index in [1.807, 2.05) is 79.1 Å². The molecule has 3 amide bonds. The molecule has 2 aromatic carbocycles. The van der Waals surface area contributed by atoms with Gasteiger partial charge in [-0.1, -0.05) is 81.4 Å². The van der Waals surface area contributed by atoms with Crippen molar-refractivity contribution in [3.63, 3.8) is 0 Å². The van der Waals surface area contributed by atoms with Gasteiger partial charge in [-0.25, -0.2) is 0 Å². The number of rotatable bonds is 13. The zero-order chi connectivity index (χ0) is 30.0. The molecule has 0 saturated carbocycles. The molecule has 4 atom stereocenters. The van der Waals surface area contributed by atoms with Crippen molar-refractivity contribution < 1.29 is 14.4 Å². The summed E-state index contributed by atoms with van der Waals surface area (Å²) in [5, 5.41) is 5.93. The Morgan fingerprint density at radius 3 is 2.15 bits per heavy atom. The van der Waals surface area contributed by atoms with Gasteiger partial charge in [-0.3, -0.25) is 14.4 Å². The Hall–Kier alpha value is -3.23. The van der Waals surface area contributed by atoms with E-state index in [0.29, 0.717) is 32.5 Å². The Labute approximate surface area is 246 Å². The van der Waals surface area contributed by atoms with Crippen LogP contribution in [0, 0.1) is 5.41 Å². The molecule has 0 aliphatic carbocycles. The number of nitrogens with one attached hydrogen (secondary N) is 2. The third-order valence-corrected chi connectivity index (χ3v) is 8.05. The molecular weight excluding hydrogens is 514 g/mol. The lowest BCUT2D eigenvalue weighted by atomic mass is 9.85. The molecule has 3 rings (SSSR count). The SMILES string of the molecule is CN[C@@H](C)C(=O)N[C@H](C(=O)N1CCC[C@H]1CN(CCc1ccccc1)C(=O)[C@H](N)CCc1ccccc1)C(C)(C)C. The fourth-order valence-corrected chi connectivity index (χ4v) is 5.31. The lowest BCUT2D eigenvalue weighted by Crippen LogP contribution is -2.59. The molecule has 0 unspecified atom stereocenters. The van der Waals surface area contributed by atoms with Gasteiger partial charge in [0, 0.05) is 25.7 Å². The third kappa shape index (κ3) is 9.40. The lowest BCUT2D eigenvalue weighted by molar-refractivity contribution is -0.142. The topological polar surface area (TPSA) is 108 Å². The van der Waals surface area contributed by atoms with Gasteiger partial charge in [0.05, 0.1) is 12.1 Å². The fraction of sp³-hybridized carbons (Fsp3) is 0.545. The Bertz CT molecular complexity index is 1120. The van der Waals surface area contributed by atoms with Gasteiger partial charge in [0.2, 0.25) is 17.7 Å². The number of hydrogen-bond acceptors (Lipinski definition) is 5. The van der Waals surface area contributed by atoms with Crippen LogP contribution in [0.15, 0.2) is 60.7 Å². The number of amides is 3. The van der Waals surface area contributed by atoms with Crippen LogP contribution in [0.1, 0.15) is 58.1 Å². The Balaban J connectivity index is 1.76. The van der Waals surface area contributed by atoms with Gasteiger partial charge in [0.15, 0.2) is 0 Å². The number of carbonyl (C=O) groups excluding carboxylic acids is 3. The first-order valence-corrected chi connectivity index (χ1v) is 14.9. The van der Waals surface area contributed by atoms with E-state index < -0.39 is 23.5 Å². The number of nitrogens with two attached hydrogens (primary N) is 1. The number of benzene rings is 2. The van der Waals surface area contributed by atoms with E-state index >= 15 is 0 Å². The van der Waals surface area contributed by atoms with Crippen molar-refractivity contribution in [2.24, 2.45) is 11.1 Å². The summed E-state index contributed by atoms with van der Waals surface area (Å²) in [6, 6.07) is 18.3. The summed E-state index contributed by atoms with van der Waals surface area (Å²) >= 11 is 0. The summed E-state index contributed by atoms with van der Waals surface area (Å²) < 4.78 is 0. The molecule has 0 radical (unpaired) electrons. The normalized spacial score (nSPS) is 17.5. The largest absolute Gasteiger partial charge is 0.342 e. The third-order valence-electron chi connectivity index (χ3n) is 8.05. The molecule has 224 valence electrons. The van der Waals surface area contributed by atoms with Crippen LogP contribution < -0.4 is 16.4 Å². The molecule has 0 aromatic heterocycles. The molecule has 1 heterocycles. The number of likely N-dealkylation sites (tertiary alicyclic amines) is 1. The monoisotopic (exact) mass is 563 g/mol. The van der Waals surface area contributed by atoms with Crippen LogP contribution in [-0.2, 0) is 27.2 Å². The molecule has 1 fully saturated rings. The summed E-state index contributed by atoms with van der Waals surface area (Å²) in [4.78, 5) is 44.1. The highest BCUT2D eigenvalue weighted by atomic mass is 16.2. The number of aryl methyl sites for hydroxylation is 1. The molecule has 1 saturated heterocycles. The van der Waals surface area contributed by atoms with Gasteiger partial charge < -0.3 is 26.2 Å². The minimum absolute atomic E-state index is 0.0836. The highest BCUT2D eigenvalue weighted by Crippen LogP contribution is 2.26. The van der Waals surface area contributed by atoms with Crippen LogP contribution in [0.4, 0.5) is 0 Å². The van der Waals surface area contributed by atoms with Gasteiger partial charge in [-0.2, -0.15) is 0 Å². The van der Waals surface area contributed by atoms with E-state index in [1.54, 1.807) is 14.0 Å². The van der Waals surface area contributed by atoms with Crippen molar-refractivity contribution in [3.8, 4) is 0 Å². The molecule has 2 aromatic rings. The predicted molar refractivity (Wildman–Crippen MR) is 164 cm³/mol. The smallest absolute Gasteiger partial charge is 0.246 e. The van der Waals surface area contributed by atoms with Gasteiger partial charge in [-0.15, -0.1) is 0 Å². The number of hydrogen-bond donors (Lipinski definition) is 3. The molecule has 8 nitrogen and oxygen atoms in total. The average molecular weight is 564 g/mol. The zero-order valence-electron chi connectivity index (χ0n) is 25.4. The van der Waals surface area contributed by atoms with Crippen molar-refractivity contribution in [3.05, 3.63) is 71.8 Å². The molecule has 1 aliphatic rings. The van der Waals surface area contributed by atoms with E-state index in [0.717, 1.165) is 30.4 Å². The highest BCUT2D eigenvalue weighted by molar-refractivity contribution is 5.90. The van der Waals surface area contributed by atoms with Crippen LogP contribution in [-0.4, -0.2) is 78.4 Å². The molecule has 1 aliphatic heterocycles. The van der Waals surface area contributed by atoms with Gasteiger partial charge in [0.25, 0.3) is 0 Å². The maximum Gasteiger partial charge on any atom is 0.246 e. The summed E-state index contributed by atoms with van der Waals surface area (Å²) in [6.07, 6.45) is 3.65. The van der Waals surface area contributed by atoms with Crippen molar-refractivity contribution in [2.75, 3.05) is 26.7 Å². The second kappa shape index (κ2) is 15.1. The van der Waals surface area contributed by atoms with Crippen molar-refractivity contribution in [1.29, 1.82) is 0 Å². The molecule has 4 N–H and O–H groups in total. The first kappa shape index (κ1) is 32.3. The van der Waals surface area contributed by atoms with Crippen molar-refractivity contribution in [1.82, 2.24) is 20.4 Å². The lowest BCUT2D eigenvalue weighted by Gasteiger charge is -2.38. The Morgan fingerprint density at radius 1 is 1.00 bits per heavy atom. The second-order valence-electron chi connectivity index (χ2n) is 12.3. The predicted octanol–water partition coefficient (Wildman–Crippen LogP) is 3.15. The quantitative estimate of drug-likeness (QED) is 0.347. The summed E-state index contributed by atoms with van der Waals surface area (Å²) in [5.41, 5.74) is 8.31. The van der Waals surface area contributed by atoms with E-state index in [2.05, 4.69) is 22.8 Å². The van der Waals surface area contributed by atoms with Crippen LogP contribution in [0.2, 0.25) is 0 Å². The number of likely N-dealkylation sites (N-methyl/N-ethyl adjacent to an activating group) is 1. The van der Waals surface area contributed by atoms with E-state index in [-0.39, 0.29) is 23.8 Å². The zero-order valence-corrected chi connectivity index (χ0v) is 25.4. The van der Waals surface area contributed by atoms with Crippen LogP contribution >= 0.6 is 0 Å². The molecule has 8 heteroatoms. The average Bonchev–Trinajstić information content (AvgIpc) is 3.44. The molecule has 0 spiro atoms. The van der Waals surface area contributed by atoms with Crippen LogP contribution in [0.3, 0.4) is 0 Å². The maximum absolute atomic E-state index is 13.9. The van der Waals surface area contributed by atoms with Gasteiger partial charge in [-0.05, 0) is 62.6 Å². The van der Waals surface area contributed by atoms with E-state index in [4.69, 9.17) is 5.73 Å². The molecule has 41 heavy (non-hydrogen) atoms. The van der Waals surface area contributed by atoms with Crippen molar-refractivity contribution >= 4 is 17.7 Å². The van der Waals surface area contributed by atoms with Gasteiger partial charge in [0.1, 0.15) is 6.04 Å². The fourth-order valence-electron chi connectivity index (χ4n) is 5.31. The van der Waals surface area contributed by atoms with E-state index in [1.165, 1.54) is 0 Å². The minimum atomic E-state index is -0.673. The maximum atomic E-state index is 13.9. The summed E-state index contributed by atoms with van der Waals surface area (Å²) in [6.45, 7) is 9.22. The number of nitrogens with zero attached hydrogens (tertiary/aromatic N) is 2. The number of carbonyl (C=O) groups is 3. The molecule has 0 bridgehead atoms. The highest BCUT2D eigenvalue weighted by Gasteiger charge is 2.41. The van der Waals surface area contributed by atoms with E-state index in [9.17, 15) is 14.4 Å². The van der Waals surface area contributed by atoms with Gasteiger partial charge >= 0.3 is 0 Å². The second-order valence-corrected chi connectivity index (χ2v) is 12.3. The van der Waals surface area contributed by atoms with Crippen LogP contribution in [0.25, 0.3) is 0 Å². The van der Waals surface area contributed by atoms with Crippen molar-refractivity contribution in [2.45, 2.75) is 84.0 Å².